The number of hydrogen-bond donors (Lipinski definition) is 3. The van der Waals surface area contributed by atoms with Gasteiger partial charge in [-0.3, -0.25) is 14.8 Å². The number of nitrogens with one attached hydrogen (secondary N) is 3. The number of hydrazine groups is 1. The van der Waals surface area contributed by atoms with Gasteiger partial charge >= 0.3 is 6.03 Å². The second-order valence-electron chi connectivity index (χ2n) is 8.81. The second kappa shape index (κ2) is 11.0. The van der Waals surface area contributed by atoms with Gasteiger partial charge in [0.1, 0.15) is 24.2 Å². The van der Waals surface area contributed by atoms with Gasteiger partial charge in [-0.2, -0.15) is 0 Å². The van der Waals surface area contributed by atoms with Gasteiger partial charge in [0.2, 0.25) is 0 Å². The van der Waals surface area contributed by atoms with Crippen LogP contribution in [0.25, 0.3) is 0 Å². The highest BCUT2D eigenvalue weighted by atomic mass is 35.5. The zero-order chi connectivity index (χ0) is 25.8. The molecule has 3 aromatic carbocycles. The third-order valence-corrected chi connectivity index (χ3v) is 6.61. The van der Waals surface area contributed by atoms with Crippen LogP contribution in [0.1, 0.15) is 23.6 Å². The number of benzene rings is 3. The molecule has 0 spiro atoms. The topological polar surface area (TPSA) is 85.9 Å². The number of rotatable bonds is 6. The molecule has 2 aliphatic rings. The molecule has 0 aromatic heterocycles. The Kier molecular flexibility index (Phi) is 7.32. The molecule has 1 fully saturated rings. The van der Waals surface area contributed by atoms with Crippen molar-refractivity contribution in [1.82, 2.24) is 15.6 Å². The summed E-state index contributed by atoms with van der Waals surface area (Å²) in [5.41, 5.74) is 2.98. The first kappa shape index (κ1) is 24.7. The maximum Gasteiger partial charge on any atom is 0.315 e. The highest BCUT2D eigenvalue weighted by Gasteiger charge is 2.34. The van der Waals surface area contributed by atoms with Crippen molar-refractivity contribution in [2.75, 3.05) is 36.6 Å². The molecule has 10 heteroatoms. The summed E-state index contributed by atoms with van der Waals surface area (Å²) in [6.07, 6.45) is 0.711. The molecule has 8 nitrogen and oxygen atoms in total. The van der Waals surface area contributed by atoms with Crippen LogP contribution in [-0.2, 0) is 11.3 Å². The predicted molar refractivity (Wildman–Crippen MR) is 140 cm³/mol. The number of hydrogen-bond acceptors (Lipinski definition) is 5. The number of carbonyl (C=O) groups is 2. The lowest BCUT2D eigenvalue weighted by Gasteiger charge is -2.33. The van der Waals surface area contributed by atoms with Crippen LogP contribution in [0.2, 0.25) is 5.02 Å². The molecular weight excluding hydrogens is 497 g/mol. The van der Waals surface area contributed by atoms with Crippen LogP contribution >= 0.6 is 11.6 Å². The van der Waals surface area contributed by atoms with Crippen molar-refractivity contribution >= 4 is 34.9 Å². The summed E-state index contributed by atoms with van der Waals surface area (Å²) >= 11 is 6.29. The molecule has 0 radical (unpaired) electrons. The Hall–Kier alpha value is -3.98. The van der Waals surface area contributed by atoms with Gasteiger partial charge in [0.25, 0.3) is 5.91 Å². The first-order valence-corrected chi connectivity index (χ1v) is 12.5. The van der Waals surface area contributed by atoms with Crippen molar-refractivity contribution < 1.29 is 18.7 Å². The zero-order valence-electron chi connectivity index (χ0n) is 20.0. The molecular formula is C27H27ClFN5O3. The van der Waals surface area contributed by atoms with Crippen LogP contribution in [0, 0.1) is 5.82 Å². The summed E-state index contributed by atoms with van der Waals surface area (Å²) < 4.78 is 19.3. The number of urea groups is 1. The minimum atomic E-state index is -0.933. The summed E-state index contributed by atoms with van der Waals surface area (Å²) in [5, 5.41) is 12.4. The molecule has 1 saturated heterocycles. The van der Waals surface area contributed by atoms with Gasteiger partial charge in [-0.15, -0.1) is 0 Å². The number of ether oxygens (including phenoxy) is 1. The highest BCUT2D eigenvalue weighted by Crippen LogP contribution is 2.32. The minimum absolute atomic E-state index is 0.214. The Morgan fingerprint density at radius 2 is 1.92 bits per heavy atom. The Morgan fingerprint density at radius 3 is 2.73 bits per heavy atom. The fraction of sp³-hybridized carbons (Fsp3) is 0.259. The normalized spacial score (nSPS) is 15.3. The van der Waals surface area contributed by atoms with E-state index in [1.54, 1.807) is 28.2 Å². The van der Waals surface area contributed by atoms with Crippen LogP contribution in [0.5, 0.6) is 5.75 Å². The van der Waals surface area contributed by atoms with E-state index in [1.807, 2.05) is 36.4 Å². The molecule has 1 atom stereocenters. The first-order valence-electron chi connectivity index (χ1n) is 12.1. The summed E-state index contributed by atoms with van der Waals surface area (Å²) in [4.78, 5) is 26.7. The molecule has 37 heavy (non-hydrogen) atoms. The maximum absolute atomic E-state index is 13.8. The number of nitrogens with zero attached hydrogens (tertiary/aromatic N) is 2. The van der Waals surface area contributed by atoms with E-state index in [2.05, 4.69) is 16.0 Å². The number of fused-ring (bicyclic) bond motifs is 1. The van der Waals surface area contributed by atoms with Crippen LogP contribution in [0.4, 0.5) is 20.6 Å². The van der Waals surface area contributed by atoms with E-state index in [-0.39, 0.29) is 17.5 Å². The average Bonchev–Trinajstić information content (AvgIpc) is 3.40. The fourth-order valence-corrected chi connectivity index (χ4v) is 4.78. The average molecular weight is 524 g/mol. The van der Waals surface area contributed by atoms with Crippen molar-refractivity contribution in [3.05, 3.63) is 88.7 Å². The number of halogens is 2. The van der Waals surface area contributed by atoms with Gasteiger partial charge in [-0.25, -0.2) is 9.18 Å². The lowest BCUT2D eigenvalue weighted by molar-refractivity contribution is -0.132. The van der Waals surface area contributed by atoms with Crippen molar-refractivity contribution in [1.29, 1.82) is 0 Å². The lowest BCUT2D eigenvalue weighted by atomic mass is 10.1. The Morgan fingerprint density at radius 1 is 1.08 bits per heavy atom. The molecule has 3 aromatic rings. The summed E-state index contributed by atoms with van der Waals surface area (Å²) in [7, 11) is 0. The van der Waals surface area contributed by atoms with E-state index in [0.717, 1.165) is 23.5 Å². The number of carbonyl (C=O) groups excluding carboxylic acids is 2. The Labute approximate surface area is 219 Å². The molecule has 192 valence electrons. The van der Waals surface area contributed by atoms with Crippen LogP contribution in [0.15, 0.2) is 66.7 Å². The molecule has 3 N–H and O–H groups in total. The summed E-state index contributed by atoms with van der Waals surface area (Å²) in [5.74, 6) is -0.0163. The monoisotopic (exact) mass is 523 g/mol. The van der Waals surface area contributed by atoms with Gasteiger partial charge in [-0.1, -0.05) is 48.0 Å². The predicted octanol–water partition coefficient (Wildman–Crippen LogP) is 4.48. The quantitative estimate of drug-likeness (QED) is 0.443. The number of anilines is 2. The largest absolute Gasteiger partial charge is 0.490 e. The van der Waals surface area contributed by atoms with Gasteiger partial charge in [0.05, 0.1) is 16.4 Å². The van der Waals surface area contributed by atoms with Crippen molar-refractivity contribution in [3.63, 3.8) is 0 Å². The van der Waals surface area contributed by atoms with E-state index in [9.17, 15) is 14.0 Å². The zero-order valence-corrected chi connectivity index (χ0v) is 20.8. The minimum Gasteiger partial charge on any atom is -0.490 e. The van der Waals surface area contributed by atoms with Crippen LogP contribution < -0.4 is 25.7 Å². The van der Waals surface area contributed by atoms with Crippen molar-refractivity contribution in [2.24, 2.45) is 0 Å². The van der Waals surface area contributed by atoms with Crippen molar-refractivity contribution in [3.8, 4) is 5.75 Å². The summed E-state index contributed by atoms with van der Waals surface area (Å²) in [6, 6.07) is 17.4. The lowest BCUT2D eigenvalue weighted by Crippen LogP contribution is -2.49. The van der Waals surface area contributed by atoms with E-state index in [1.165, 1.54) is 12.1 Å². The molecule has 2 aliphatic heterocycles. The molecule has 0 aliphatic carbocycles. The van der Waals surface area contributed by atoms with E-state index in [4.69, 9.17) is 16.3 Å². The second-order valence-corrected chi connectivity index (χ2v) is 9.22. The van der Waals surface area contributed by atoms with Gasteiger partial charge in [0, 0.05) is 26.2 Å². The third kappa shape index (κ3) is 5.56. The third-order valence-electron chi connectivity index (χ3n) is 6.30. The molecule has 0 saturated carbocycles. The Balaban J connectivity index is 1.31. The fourth-order valence-electron chi connectivity index (χ4n) is 4.52. The molecule has 2 heterocycles. The SMILES string of the molecule is O=C(NCc1ccc2c(c1)OCCN2)NC(C(=O)N1CCCN1c1ccc(F)cc1Cl)c1ccccc1. The van der Waals surface area contributed by atoms with Crippen molar-refractivity contribution in [2.45, 2.75) is 19.0 Å². The van der Waals surface area contributed by atoms with Gasteiger partial charge in [-0.05, 0) is 47.9 Å². The van der Waals surface area contributed by atoms with Crippen LogP contribution in [-0.4, -0.2) is 43.2 Å². The maximum atomic E-state index is 13.8. The first-order chi connectivity index (χ1) is 18.0. The summed E-state index contributed by atoms with van der Waals surface area (Å²) in [6.45, 7) is 2.59. The molecule has 5 rings (SSSR count). The number of amides is 3. The smallest absolute Gasteiger partial charge is 0.315 e. The highest BCUT2D eigenvalue weighted by molar-refractivity contribution is 6.33. The van der Waals surface area contributed by atoms with E-state index in [0.29, 0.717) is 37.4 Å². The molecule has 1 unspecified atom stereocenters. The molecule has 3 amide bonds. The Bertz CT molecular complexity index is 1290. The van der Waals surface area contributed by atoms with Crippen LogP contribution in [0.3, 0.4) is 0 Å². The van der Waals surface area contributed by atoms with Gasteiger partial charge < -0.3 is 20.7 Å². The standard InChI is InChI=1S/C27H27ClFN5O3/c28-21-16-20(29)8-10-23(21)33-12-4-13-34(33)26(35)25(19-5-2-1-3-6-19)32-27(36)31-17-18-7-9-22-24(15-18)37-14-11-30-22/h1-3,5-10,15-16,25,30H,4,11-14,17H2,(H2,31,32,36). The molecule has 0 bridgehead atoms. The van der Waals surface area contributed by atoms with Gasteiger partial charge in [0.15, 0.2) is 0 Å². The van der Waals surface area contributed by atoms with E-state index >= 15 is 0 Å². The van der Waals surface area contributed by atoms with E-state index < -0.39 is 17.9 Å².